The maximum atomic E-state index is 12.1. The molecule has 0 saturated carbocycles. The van der Waals surface area contributed by atoms with Crippen molar-refractivity contribution in [3.8, 4) is 11.3 Å². The summed E-state index contributed by atoms with van der Waals surface area (Å²) in [7, 11) is 0. The summed E-state index contributed by atoms with van der Waals surface area (Å²) in [4.78, 5) is 26.9. The number of ether oxygens (including phenoxy) is 1. The zero-order chi connectivity index (χ0) is 16.7. The Morgan fingerprint density at radius 1 is 1.17 bits per heavy atom. The Balaban J connectivity index is 1.95. The number of rotatable bonds is 7. The van der Waals surface area contributed by atoms with Crippen molar-refractivity contribution in [3.63, 3.8) is 0 Å². The fraction of sp³-hybridized carbons (Fsp3) is 0.333. The van der Waals surface area contributed by atoms with E-state index in [1.165, 1.54) is 0 Å². The molecule has 0 saturated heterocycles. The van der Waals surface area contributed by atoms with Crippen LogP contribution in [0.4, 0.5) is 0 Å². The van der Waals surface area contributed by atoms with E-state index in [-0.39, 0.29) is 23.1 Å². The minimum atomic E-state index is -0.387. The van der Waals surface area contributed by atoms with Gasteiger partial charge < -0.3 is 15.0 Å². The van der Waals surface area contributed by atoms with Gasteiger partial charge in [-0.3, -0.25) is 9.59 Å². The summed E-state index contributed by atoms with van der Waals surface area (Å²) in [6.07, 6.45) is 0.892. The highest BCUT2D eigenvalue weighted by atomic mass is 16.5. The van der Waals surface area contributed by atoms with Gasteiger partial charge in [0.2, 0.25) is 0 Å². The SMILES string of the molecule is CC(C)OCCCNC(=O)c1ccc(-c2ccccc2)[nH]c1=O. The van der Waals surface area contributed by atoms with Crippen molar-refractivity contribution in [2.45, 2.75) is 26.4 Å². The molecule has 0 atom stereocenters. The summed E-state index contributed by atoms with van der Waals surface area (Å²) in [5, 5.41) is 2.73. The van der Waals surface area contributed by atoms with Crippen LogP contribution in [0.1, 0.15) is 30.6 Å². The number of carbonyl (C=O) groups is 1. The van der Waals surface area contributed by atoms with Gasteiger partial charge in [0.05, 0.1) is 6.10 Å². The maximum Gasteiger partial charge on any atom is 0.261 e. The molecule has 0 radical (unpaired) electrons. The van der Waals surface area contributed by atoms with Gasteiger partial charge in [0, 0.05) is 18.8 Å². The molecular formula is C18H22N2O3. The lowest BCUT2D eigenvalue weighted by Gasteiger charge is -2.08. The van der Waals surface area contributed by atoms with Gasteiger partial charge in [0.15, 0.2) is 0 Å². The first-order valence-electron chi connectivity index (χ1n) is 7.76. The summed E-state index contributed by atoms with van der Waals surface area (Å²) >= 11 is 0. The summed E-state index contributed by atoms with van der Waals surface area (Å²) in [6.45, 7) is 4.99. The van der Waals surface area contributed by atoms with Crippen LogP contribution >= 0.6 is 0 Å². The standard InChI is InChI=1S/C18H22N2O3/c1-13(2)23-12-6-11-19-17(21)15-9-10-16(20-18(15)22)14-7-4-3-5-8-14/h3-5,7-10,13H,6,11-12H2,1-2H3,(H,19,21)(H,20,22). The molecule has 0 aliphatic heterocycles. The molecule has 1 aromatic heterocycles. The predicted octanol–water partition coefficient (Wildman–Crippen LogP) is 2.59. The molecule has 122 valence electrons. The molecular weight excluding hydrogens is 292 g/mol. The molecule has 5 nitrogen and oxygen atoms in total. The predicted molar refractivity (Wildman–Crippen MR) is 90.5 cm³/mol. The van der Waals surface area contributed by atoms with Gasteiger partial charge in [-0.1, -0.05) is 30.3 Å². The minimum absolute atomic E-state index is 0.120. The van der Waals surface area contributed by atoms with Crippen molar-refractivity contribution in [3.05, 3.63) is 58.4 Å². The Labute approximate surface area is 135 Å². The van der Waals surface area contributed by atoms with E-state index in [0.717, 1.165) is 5.56 Å². The number of aromatic nitrogens is 1. The fourth-order valence-electron chi connectivity index (χ4n) is 2.13. The van der Waals surface area contributed by atoms with Gasteiger partial charge in [0.1, 0.15) is 5.56 Å². The van der Waals surface area contributed by atoms with Crippen LogP contribution in [0.15, 0.2) is 47.3 Å². The molecule has 1 heterocycles. The zero-order valence-corrected chi connectivity index (χ0v) is 13.5. The molecule has 2 aromatic rings. The van der Waals surface area contributed by atoms with Crippen molar-refractivity contribution in [1.29, 1.82) is 0 Å². The van der Waals surface area contributed by atoms with Crippen LogP contribution in [0.5, 0.6) is 0 Å². The van der Waals surface area contributed by atoms with Crippen LogP contribution in [0, 0.1) is 0 Å². The first kappa shape index (κ1) is 17.0. The molecule has 0 aliphatic carbocycles. The number of H-pyrrole nitrogens is 1. The molecule has 0 bridgehead atoms. The molecule has 2 rings (SSSR count). The molecule has 0 spiro atoms. The van der Waals surface area contributed by atoms with Gasteiger partial charge in [-0.25, -0.2) is 0 Å². The number of hydrogen-bond donors (Lipinski definition) is 2. The number of amides is 1. The maximum absolute atomic E-state index is 12.1. The van der Waals surface area contributed by atoms with Crippen LogP contribution in [0.25, 0.3) is 11.3 Å². The zero-order valence-electron chi connectivity index (χ0n) is 13.5. The van der Waals surface area contributed by atoms with Crippen molar-refractivity contribution in [2.75, 3.05) is 13.2 Å². The highest BCUT2D eigenvalue weighted by molar-refractivity contribution is 5.94. The molecule has 5 heteroatoms. The molecule has 0 aliphatic rings. The van der Waals surface area contributed by atoms with E-state index >= 15 is 0 Å². The Morgan fingerprint density at radius 3 is 2.57 bits per heavy atom. The molecule has 1 aromatic carbocycles. The Kier molecular flexibility index (Phi) is 6.11. The number of carbonyl (C=O) groups excluding carboxylic acids is 1. The summed E-state index contributed by atoms with van der Waals surface area (Å²) < 4.78 is 5.40. The largest absolute Gasteiger partial charge is 0.379 e. The average molecular weight is 314 g/mol. The second-order valence-electron chi connectivity index (χ2n) is 5.51. The monoisotopic (exact) mass is 314 g/mol. The van der Waals surface area contributed by atoms with Crippen LogP contribution < -0.4 is 10.9 Å². The minimum Gasteiger partial charge on any atom is -0.379 e. The second kappa shape index (κ2) is 8.29. The van der Waals surface area contributed by atoms with Crippen molar-refractivity contribution < 1.29 is 9.53 Å². The summed E-state index contributed by atoms with van der Waals surface area (Å²) in [5.41, 5.74) is 1.33. The van der Waals surface area contributed by atoms with Gasteiger partial charge in [-0.15, -0.1) is 0 Å². The lowest BCUT2D eigenvalue weighted by atomic mass is 10.1. The van der Waals surface area contributed by atoms with E-state index < -0.39 is 0 Å². The number of pyridine rings is 1. The van der Waals surface area contributed by atoms with Crippen LogP contribution in [-0.2, 0) is 4.74 Å². The average Bonchev–Trinajstić information content (AvgIpc) is 2.54. The first-order chi connectivity index (χ1) is 11.1. The topological polar surface area (TPSA) is 71.2 Å². The molecule has 0 unspecified atom stereocenters. The van der Waals surface area contributed by atoms with Crippen LogP contribution in [0.3, 0.4) is 0 Å². The third-order valence-corrected chi connectivity index (χ3v) is 3.30. The second-order valence-corrected chi connectivity index (χ2v) is 5.51. The smallest absolute Gasteiger partial charge is 0.261 e. The summed E-state index contributed by atoms with van der Waals surface area (Å²) in [6, 6.07) is 12.8. The van der Waals surface area contributed by atoms with Gasteiger partial charge in [0.25, 0.3) is 11.5 Å². The first-order valence-corrected chi connectivity index (χ1v) is 7.76. The van der Waals surface area contributed by atoms with E-state index in [4.69, 9.17) is 4.74 Å². The molecule has 23 heavy (non-hydrogen) atoms. The van der Waals surface area contributed by atoms with Gasteiger partial charge >= 0.3 is 0 Å². The van der Waals surface area contributed by atoms with E-state index in [9.17, 15) is 9.59 Å². The van der Waals surface area contributed by atoms with Crippen LogP contribution in [-0.4, -0.2) is 30.1 Å². The highest BCUT2D eigenvalue weighted by Gasteiger charge is 2.10. The van der Waals surface area contributed by atoms with Crippen molar-refractivity contribution in [1.82, 2.24) is 10.3 Å². The third-order valence-electron chi connectivity index (χ3n) is 3.30. The van der Waals surface area contributed by atoms with E-state index in [1.54, 1.807) is 12.1 Å². The number of nitrogens with one attached hydrogen (secondary N) is 2. The number of hydrogen-bond acceptors (Lipinski definition) is 3. The quantitative estimate of drug-likeness (QED) is 0.772. The van der Waals surface area contributed by atoms with E-state index in [1.807, 2.05) is 44.2 Å². The van der Waals surface area contributed by atoms with Gasteiger partial charge in [-0.05, 0) is 38.0 Å². The lowest BCUT2D eigenvalue weighted by Crippen LogP contribution is -2.30. The van der Waals surface area contributed by atoms with Crippen molar-refractivity contribution in [2.24, 2.45) is 0 Å². The lowest BCUT2D eigenvalue weighted by molar-refractivity contribution is 0.0757. The normalized spacial score (nSPS) is 10.7. The molecule has 2 N–H and O–H groups in total. The van der Waals surface area contributed by atoms with E-state index in [2.05, 4.69) is 10.3 Å². The number of aromatic amines is 1. The van der Waals surface area contributed by atoms with Crippen molar-refractivity contribution >= 4 is 5.91 Å². The Morgan fingerprint density at radius 2 is 1.91 bits per heavy atom. The summed E-state index contributed by atoms with van der Waals surface area (Å²) in [5.74, 6) is -0.365. The van der Waals surface area contributed by atoms with E-state index in [0.29, 0.717) is 25.3 Å². The van der Waals surface area contributed by atoms with Crippen LogP contribution in [0.2, 0.25) is 0 Å². The number of benzene rings is 1. The molecule has 0 fully saturated rings. The fourth-order valence-corrected chi connectivity index (χ4v) is 2.13. The Hall–Kier alpha value is -2.40. The Bertz CT molecular complexity index is 693. The molecule has 1 amide bonds. The third kappa shape index (κ3) is 5.07. The van der Waals surface area contributed by atoms with Gasteiger partial charge in [-0.2, -0.15) is 0 Å². The highest BCUT2D eigenvalue weighted by Crippen LogP contribution is 2.14.